The second-order valence-electron chi connectivity index (χ2n) is 3.57. The number of nitrogens with one attached hydrogen (secondary N) is 1. The molecule has 0 bridgehead atoms. The molecule has 0 aliphatic carbocycles. The monoisotopic (exact) mass is 214 g/mol. The zero-order valence-electron chi connectivity index (χ0n) is 9.14. The standard InChI is InChI=1S/C12H14N4/c1-9-11(13)8-15-12(16-9)14-7-10-5-3-2-4-6-10/h2-6,8H,7,13H2,1H3,(H,14,15,16). The summed E-state index contributed by atoms with van der Waals surface area (Å²) in [7, 11) is 0. The zero-order chi connectivity index (χ0) is 11.4. The van der Waals surface area contributed by atoms with E-state index in [1.807, 2.05) is 25.1 Å². The smallest absolute Gasteiger partial charge is 0.223 e. The largest absolute Gasteiger partial charge is 0.396 e. The van der Waals surface area contributed by atoms with Gasteiger partial charge in [0.05, 0.1) is 17.6 Å². The maximum atomic E-state index is 5.64. The van der Waals surface area contributed by atoms with Crippen LogP contribution in [0.1, 0.15) is 11.3 Å². The highest BCUT2D eigenvalue weighted by molar-refractivity contribution is 5.43. The summed E-state index contributed by atoms with van der Waals surface area (Å²) in [6, 6.07) is 10.1. The van der Waals surface area contributed by atoms with Gasteiger partial charge in [-0.1, -0.05) is 30.3 Å². The first-order chi connectivity index (χ1) is 7.75. The molecule has 0 saturated heterocycles. The molecule has 3 N–H and O–H groups in total. The molecule has 0 aliphatic heterocycles. The van der Waals surface area contributed by atoms with Crippen molar-refractivity contribution >= 4 is 11.6 Å². The van der Waals surface area contributed by atoms with Gasteiger partial charge >= 0.3 is 0 Å². The fourth-order valence-corrected chi connectivity index (χ4v) is 1.34. The van der Waals surface area contributed by atoms with Crippen molar-refractivity contribution in [1.82, 2.24) is 9.97 Å². The van der Waals surface area contributed by atoms with E-state index >= 15 is 0 Å². The maximum Gasteiger partial charge on any atom is 0.223 e. The van der Waals surface area contributed by atoms with Crippen LogP contribution < -0.4 is 11.1 Å². The molecular weight excluding hydrogens is 200 g/mol. The first-order valence-electron chi connectivity index (χ1n) is 5.12. The highest BCUT2D eigenvalue weighted by Gasteiger charge is 1.99. The summed E-state index contributed by atoms with van der Waals surface area (Å²) in [6.07, 6.45) is 1.62. The maximum absolute atomic E-state index is 5.64. The number of hydrogen-bond acceptors (Lipinski definition) is 4. The van der Waals surface area contributed by atoms with Crippen LogP contribution in [-0.4, -0.2) is 9.97 Å². The molecule has 4 nitrogen and oxygen atoms in total. The number of rotatable bonds is 3. The summed E-state index contributed by atoms with van der Waals surface area (Å²) in [4.78, 5) is 8.35. The third-order valence-electron chi connectivity index (χ3n) is 2.31. The molecule has 16 heavy (non-hydrogen) atoms. The molecule has 1 heterocycles. The van der Waals surface area contributed by atoms with Crippen LogP contribution in [0.4, 0.5) is 11.6 Å². The molecule has 0 spiro atoms. The Morgan fingerprint density at radius 1 is 1.25 bits per heavy atom. The van der Waals surface area contributed by atoms with Crippen LogP contribution in [0.2, 0.25) is 0 Å². The Morgan fingerprint density at radius 2 is 2.00 bits per heavy atom. The van der Waals surface area contributed by atoms with Gasteiger partial charge in [0.25, 0.3) is 0 Å². The van der Waals surface area contributed by atoms with Crippen molar-refractivity contribution in [3.63, 3.8) is 0 Å². The number of aromatic nitrogens is 2. The Labute approximate surface area is 94.5 Å². The minimum Gasteiger partial charge on any atom is -0.396 e. The van der Waals surface area contributed by atoms with Gasteiger partial charge in [-0.05, 0) is 12.5 Å². The van der Waals surface area contributed by atoms with Gasteiger partial charge in [-0.15, -0.1) is 0 Å². The zero-order valence-corrected chi connectivity index (χ0v) is 9.14. The molecule has 4 heteroatoms. The van der Waals surface area contributed by atoms with Crippen LogP contribution in [-0.2, 0) is 6.54 Å². The lowest BCUT2D eigenvalue weighted by Gasteiger charge is -2.06. The van der Waals surface area contributed by atoms with Gasteiger partial charge in [0.1, 0.15) is 0 Å². The summed E-state index contributed by atoms with van der Waals surface area (Å²) >= 11 is 0. The summed E-state index contributed by atoms with van der Waals surface area (Å²) in [5.74, 6) is 0.607. The van der Waals surface area contributed by atoms with Crippen molar-refractivity contribution in [2.45, 2.75) is 13.5 Å². The van der Waals surface area contributed by atoms with E-state index in [9.17, 15) is 0 Å². The second kappa shape index (κ2) is 4.61. The van der Waals surface area contributed by atoms with Gasteiger partial charge < -0.3 is 11.1 Å². The number of hydrogen-bond donors (Lipinski definition) is 2. The molecule has 0 saturated carbocycles. The van der Waals surface area contributed by atoms with Crippen LogP contribution >= 0.6 is 0 Å². The van der Waals surface area contributed by atoms with E-state index in [1.165, 1.54) is 5.56 Å². The van der Waals surface area contributed by atoms with E-state index in [2.05, 4.69) is 27.4 Å². The molecule has 1 aromatic carbocycles. The highest BCUT2D eigenvalue weighted by atomic mass is 15.1. The molecule has 82 valence electrons. The molecule has 0 atom stereocenters. The molecule has 0 radical (unpaired) electrons. The Balaban J connectivity index is 2.03. The summed E-state index contributed by atoms with van der Waals surface area (Å²) < 4.78 is 0. The van der Waals surface area contributed by atoms with Gasteiger partial charge in [0, 0.05) is 6.54 Å². The summed E-state index contributed by atoms with van der Waals surface area (Å²) in [5, 5.41) is 3.15. The number of anilines is 2. The molecule has 0 fully saturated rings. The van der Waals surface area contributed by atoms with E-state index in [1.54, 1.807) is 6.20 Å². The van der Waals surface area contributed by atoms with Crippen LogP contribution in [0.3, 0.4) is 0 Å². The Morgan fingerprint density at radius 3 is 2.69 bits per heavy atom. The minimum absolute atomic E-state index is 0.607. The van der Waals surface area contributed by atoms with Crippen molar-refractivity contribution in [2.75, 3.05) is 11.1 Å². The van der Waals surface area contributed by atoms with Crippen LogP contribution in [0.15, 0.2) is 36.5 Å². The number of benzene rings is 1. The normalized spacial score (nSPS) is 10.1. The number of nitrogen functional groups attached to an aromatic ring is 1. The quantitative estimate of drug-likeness (QED) is 0.820. The highest BCUT2D eigenvalue weighted by Crippen LogP contribution is 2.09. The van der Waals surface area contributed by atoms with E-state index in [0.29, 0.717) is 18.2 Å². The third-order valence-corrected chi connectivity index (χ3v) is 2.31. The van der Waals surface area contributed by atoms with Crippen molar-refractivity contribution in [2.24, 2.45) is 0 Å². The van der Waals surface area contributed by atoms with Crippen LogP contribution in [0, 0.1) is 6.92 Å². The first-order valence-corrected chi connectivity index (χ1v) is 5.12. The predicted molar refractivity (Wildman–Crippen MR) is 65.0 cm³/mol. The lowest BCUT2D eigenvalue weighted by Crippen LogP contribution is -2.05. The van der Waals surface area contributed by atoms with Crippen LogP contribution in [0.5, 0.6) is 0 Å². The van der Waals surface area contributed by atoms with Gasteiger partial charge in [0.15, 0.2) is 0 Å². The summed E-state index contributed by atoms with van der Waals surface area (Å²) in [5.41, 5.74) is 8.25. The van der Waals surface area contributed by atoms with Gasteiger partial charge in [-0.2, -0.15) is 0 Å². The number of nitrogens with zero attached hydrogens (tertiary/aromatic N) is 2. The molecule has 0 unspecified atom stereocenters. The average molecular weight is 214 g/mol. The Kier molecular flexibility index (Phi) is 3.00. The van der Waals surface area contributed by atoms with Crippen molar-refractivity contribution < 1.29 is 0 Å². The molecule has 2 aromatic rings. The van der Waals surface area contributed by atoms with Crippen molar-refractivity contribution in [3.05, 3.63) is 47.8 Å². The van der Waals surface area contributed by atoms with Gasteiger partial charge in [-0.25, -0.2) is 9.97 Å². The topological polar surface area (TPSA) is 63.8 Å². The number of nitrogens with two attached hydrogens (primary N) is 1. The first kappa shape index (κ1) is 10.4. The second-order valence-corrected chi connectivity index (χ2v) is 3.57. The molecular formula is C12H14N4. The van der Waals surface area contributed by atoms with Crippen molar-refractivity contribution in [3.8, 4) is 0 Å². The fraction of sp³-hybridized carbons (Fsp3) is 0.167. The van der Waals surface area contributed by atoms with E-state index in [-0.39, 0.29) is 0 Å². The Hall–Kier alpha value is -2.10. The predicted octanol–water partition coefficient (Wildman–Crippen LogP) is 1.98. The van der Waals surface area contributed by atoms with Gasteiger partial charge in [0.2, 0.25) is 5.95 Å². The third kappa shape index (κ3) is 2.48. The average Bonchev–Trinajstić information content (AvgIpc) is 2.32. The molecule has 0 aliphatic rings. The van der Waals surface area contributed by atoms with Crippen LogP contribution in [0.25, 0.3) is 0 Å². The molecule has 1 aromatic heterocycles. The van der Waals surface area contributed by atoms with E-state index in [4.69, 9.17) is 5.73 Å². The van der Waals surface area contributed by atoms with E-state index < -0.39 is 0 Å². The molecule has 2 rings (SSSR count). The lowest BCUT2D eigenvalue weighted by atomic mass is 10.2. The number of aryl methyl sites for hydroxylation is 1. The van der Waals surface area contributed by atoms with Crippen molar-refractivity contribution in [1.29, 1.82) is 0 Å². The summed E-state index contributed by atoms with van der Waals surface area (Å²) in [6.45, 7) is 2.58. The Bertz CT molecular complexity index is 468. The van der Waals surface area contributed by atoms with Gasteiger partial charge in [-0.3, -0.25) is 0 Å². The fourth-order valence-electron chi connectivity index (χ4n) is 1.34. The SMILES string of the molecule is Cc1nc(NCc2ccccc2)ncc1N. The van der Waals surface area contributed by atoms with E-state index in [0.717, 1.165) is 5.69 Å². The molecule has 0 amide bonds. The lowest BCUT2D eigenvalue weighted by molar-refractivity contribution is 1.03. The minimum atomic E-state index is 0.607.